The molecule has 1 aliphatic carbocycles. The third kappa shape index (κ3) is 2.30. The van der Waals surface area contributed by atoms with Crippen LogP contribution in [0.25, 0.3) is 0 Å². The molecule has 2 atom stereocenters. The second-order valence-electron chi connectivity index (χ2n) is 4.48. The molecule has 0 aromatic heterocycles. The molecule has 2 rings (SSSR count). The molecule has 0 radical (unpaired) electrons. The van der Waals surface area contributed by atoms with Gasteiger partial charge in [-0.25, -0.2) is 8.78 Å². The Labute approximate surface area is 98.3 Å². The number of carboxylic acids is 1. The average molecular weight is 240 g/mol. The number of carbonyl (C=O) groups is 1. The molecule has 1 aliphatic rings. The van der Waals surface area contributed by atoms with Crippen molar-refractivity contribution in [1.29, 1.82) is 0 Å². The standard InChI is InChI=1S/C13H14F2O2/c14-11-7-3-6-9(12(11)15)8-4-1-2-5-10(8)13(16)17/h3,6-8,10H,1-2,4-5H2,(H,16,17). The zero-order chi connectivity index (χ0) is 12.4. The van der Waals surface area contributed by atoms with Crippen molar-refractivity contribution in [2.75, 3.05) is 0 Å². The van der Waals surface area contributed by atoms with Crippen molar-refractivity contribution < 1.29 is 18.7 Å². The first kappa shape index (κ1) is 12.0. The number of benzene rings is 1. The van der Waals surface area contributed by atoms with Gasteiger partial charge >= 0.3 is 5.97 Å². The summed E-state index contributed by atoms with van der Waals surface area (Å²) in [7, 11) is 0. The molecule has 1 fully saturated rings. The largest absolute Gasteiger partial charge is 0.481 e. The highest BCUT2D eigenvalue weighted by Crippen LogP contribution is 2.39. The Kier molecular flexibility index (Phi) is 3.41. The molecule has 0 aliphatic heterocycles. The molecule has 0 saturated heterocycles. The van der Waals surface area contributed by atoms with Gasteiger partial charge in [-0.1, -0.05) is 25.0 Å². The van der Waals surface area contributed by atoms with Crippen LogP contribution in [0.3, 0.4) is 0 Å². The highest BCUT2D eigenvalue weighted by Gasteiger charge is 2.33. The first-order chi connectivity index (χ1) is 8.11. The minimum Gasteiger partial charge on any atom is -0.481 e. The SMILES string of the molecule is O=C(O)C1CCCCC1c1cccc(F)c1F. The molecular weight excluding hydrogens is 226 g/mol. The number of rotatable bonds is 2. The van der Waals surface area contributed by atoms with Crippen LogP contribution in [-0.2, 0) is 4.79 Å². The van der Waals surface area contributed by atoms with Gasteiger partial charge < -0.3 is 5.11 Å². The van der Waals surface area contributed by atoms with Crippen molar-refractivity contribution in [3.05, 3.63) is 35.4 Å². The van der Waals surface area contributed by atoms with Gasteiger partial charge in [0.2, 0.25) is 0 Å². The Morgan fingerprint density at radius 3 is 2.65 bits per heavy atom. The topological polar surface area (TPSA) is 37.3 Å². The highest BCUT2D eigenvalue weighted by atomic mass is 19.2. The summed E-state index contributed by atoms with van der Waals surface area (Å²) in [6.07, 6.45) is 2.85. The lowest BCUT2D eigenvalue weighted by atomic mass is 9.75. The Morgan fingerprint density at radius 1 is 1.24 bits per heavy atom. The molecule has 1 N–H and O–H groups in total. The third-order valence-corrected chi connectivity index (χ3v) is 3.46. The van der Waals surface area contributed by atoms with Crippen LogP contribution < -0.4 is 0 Å². The summed E-state index contributed by atoms with van der Waals surface area (Å²) in [6, 6.07) is 3.98. The van der Waals surface area contributed by atoms with Crippen molar-refractivity contribution in [1.82, 2.24) is 0 Å². The molecule has 0 bridgehead atoms. The van der Waals surface area contributed by atoms with Gasteiger partial charge in [0.15, 0.2) is 11.6 Å². The first-order valence-electron chi connectivity index (χ1n) is 5.78. The van der Waals surface area contributed by atoms with E-state index in [1.807, 2.05) is 0 Å². The van der Waals surface area contributed by atoms with Gasteiger partial charge in [0.05, 0.1) is 5.92 Å². The Morgan fingerprint density at radius 2 is 1.94 bits per heavy atom. The summed E-state index contributed by atoms with van der Waals surface area (Å²) in [4.78, 5) is 11.1. The van der Waals surface area contributed by atoms with E-state index >= 15 is 0 Å². The van der Waals surface area contributed by atoms with Crippen LogP contribution in [0.5, 0.6) is 0 Å². The molecule has 1 saturated carbocycles. The number of hydrogen-bond acceptors (Lipinski definition) is 1. The summed E-state index contributed by atoms with van der Waals surface area (Å²) in [6.45, 7) is 0. The van der Waals surface area contributed by atoms with E-state index in [0.717, 1.165) is 18.9 Å². The molecule has 2 nitrogen and oxygen atoms in total. The molecule has 17 heavy (non-hydrogen) atoms. The lowest BCUT2D eigenvalue weighted by Crippen LogP contribution is -2.26. The van der Waals surface area contributed by atoms with E-state index in [1.165, 1.54) is 12.1 Å². The fraction of sp³-hybridized carbons (Fsp3) is 0.462. The van der Waals surface area contributed by atoms with E-state index < -0.39 is 29.4 Å². The fourth-order valence-electron chi connectivity index (χ4n) is 2.61. The predicted molar refractivity (Wildman–Crippen MR) is 58.7 cm³/mol. The Hall–Kier alpha value is -1.45. The molecule has 4 heteroatoms. The monoisotopic (exact) mass is 240 g/mol. The number of aliphatic carboxylic acids is 1. The number of hydrogen-bond donors (Lipinski definition) is 1. The maximum Gasteiger partial charge on any atom is 0.307 e. The maximum absolute atomic E-state index is 13.7. The zero-order valence-corrected chi connectivity index (χ0v) is 9.33. The van der Waals surface area contributed by atoms with Crippen LogP contribution in [0.4, 0.5) is 8.78 Å². The zero-order valence-electron chi connectivity index (χ0n) is 9.33. The number of carboxylic acid groups (broad SMARTS) is 1. The van der Waals surface area contributed by atoms with Crippen LogP contribution in [0, 0.1) is 17.6 Å². The summed E-state index contributed by atoms with van der Waals surface area (Å²) >= 11 is 0. The highest BCUT2D eigenvalue weighted by molar-refractivity contribution is 5.71. The average Bonchev–Trinajstić information content (AvgIpc) is 2.33. The van der Waals surface area contributed by atoms with Crippen LogP contribution in [0.2, 0.25) is 0 Å². The molecule has 0 heterocycles. The molecule has 1 aromatic carbocycles. The van der Waals surface area contributed by atoms with E-state index in [0.29, 0.717) is 12.8 Å². The minimum atomic E-state index is -0.918. The normalized spacial score (nSPS) is 24.6. The Bertz CT molecular complexity index is 431. The van der Waals surface area contributed by atoms with Crippen LogP contribution >= 0.6 is 0 Å². The summed E-state index contributed by atoms with van der Waals surface area (Å²) < 4.78 is 26.8. The van der Waals surface area contributed by atoms with Gasteiger partial charge in [-0.05, 0) is 24.5 Å². The molecule has 1 aromatic rings. The van der Waals surface area contributed by atoms with E-state index in [1.54, 1.807) is 0 Å². The predicted octanol–water partition coefficient (Wildman–Crippen LogP) is 3.32. The van der Waals surface area contributed by atoms with Crippen LogP contribution in [-0.4, -0.2) is 11.1 Å². The van der Waals surface area contributed by atoms with Crippen LogP contribution in [0.15, 0.2) is 18.2 Å². The molecular formula is C13H14F2O2. The smallest absolute Gasteiger partial charge is 0.307 e. The Balaban J connectivity index is 2.36. The van der Waals surface area contributed by atoms with E-state index in [9.17, 15) is 13.6 Å². The number of halogens is 2. The summed E-state index contributed by atoms with van der Waals surface area (Å²) in [5, 5.41) is 9.11. The minimum absolute atomic E-state index is 0.206. The third-order valence-electron chi connectivity index (χ3n) is 3.46. The second-order valence-corrected chi connectivity index (χ2v) is 4.48. The summed E-state index contributed by atoms with van der Waals surface area (Å²) in [5.41, 5.74) is 0.206. The fourth-order valence-corrected chi connectivity index (χ4v) is 2.61. The van der Waals surface area contributed by atoms with Gasteiger partial charge in [0.1, 0.15) is 0 Å². The van der Waals surface area contributed by atoms with Gasteiger partial charge in [-0.15, -0.1) is 0 Å². The van der Waals surface area contributed by atoms with Gasteiger partial charge in [-0.3, -0.25) is 4.79 Å². The molecule has 2 unspecified atom stereocenters. The first-order valence-corrected chi connectivity index (χ1v) is 5.78. The van der Waals surface area contributed by atoms with E-state index in [4.69, 9.17) is 5.11 Å². The van der Waals surface area contributed by atoms with E-state index in [2.05, 4.69) is 0 Å². The molecule has 0 spiro atoms. The van der Waals surface area contributed by atoms with Crippen molar-refractivity contribution >= 4 is 5.97 Å². The van der Waals surface area contributed by atoms with Crippen LogP contribution in [0.1, 0.15) is 37.2 Å². The van der Waals surface area contributed by atoms with Crippen molar-refractivity contribution in [2.45, 2.75) is 31.6 Å². The molecule has 0 amide bonds. The van der Waals surface area contributed by atoms with Gasteiger partial charge in [-0.2, -0.15) is 0 Å². The van der Waals surface area contributed by atoms with Gasteiger partial charge in [0, 0.05) is 5.92 Å². The lowest BCUT2D eigenvalue weighted by molar-refractivity contribution is -0.143. The summed E-state index contributed by atoms with van der Waals surface area (Å²) in [5.74, 6) is -3.72. The maximum atomic E-state index is 13.7. The van der Waals surface area contributed by atoms with Crippen molar-refractivity contribution in [2.24, 2.45) is 5.92 Å². The second kappa shape index (κ2) is 4.82. The van der Waals surface area contributed by atoms with Crippen molar-refractivity contribution in [3.63, 3.8) is 0 Å². The van der Waals surface area contributed by atoms with Gasteiger partial charge in [0.25, 0.3) is 0 Å². The quantitative estimate of drug-likeness (QED) is 0.861. The van der Waals surface area contributed by atoms with E-state index in [-0.39, 0.29) is 5.56 Å². The lowest BCUT2D eigenvalue weighted by Gasteiger charge is -2.29. The van der Waals surface area contributed by atoms with Crippen molar-refractivity contribution in [3.8, 4) is 0 Å². The molecule has 92 valence electrons.